The first kappa shape index (κ1) is 18.5. The van der Waals surface area contributed by atoms with E-state index in [0.717, 1.165) is 17.7 Å². The number of hydrogen-bond donors (Lipinski definition) is 0. The van der Waals surface area contributed by atoms with Crippen LogP contribution in [0.3, 0.4) is 0 Å². The third-order valence-electron chi connectivity index (χ3n) is 3.54. The number of hydrogen-bond acceptors (Lipinski definition) is 4. The van der Waals surface area contributed by atoms with E-state index in [1.807, 2.05) is 6.07 Å². The first-order valence-electron chi connectivity index (χ1n) is 7.47. The normalized spacial score (nSPS) is 10.3. The van der Waals surface area contributed by atoms with Gasteiger partial charge in [0.25, 0.3) is 5.91 Å². The van der Waals surface area contributed by atoms with Gasteiger partial charge in [-0.05, 0) is 29.8 Å². The molecule has 0 radical (unpaired) electrons. The van der Waals surface area contributed by atoms with E-state index >= 15 is 0 Å². The molecule has 0 aliphatic rings. The Morgan fingerprint density at radius 2 is 1.68 bits per heavy atom. The highest BCUT2D eigenvalue weighted by molar-refractivity contribution is 5.77. The highest BCUT2D eigenvalue weighted by Gasteiger charge is 2.13. The number of amides is 1. The summed E-state index contributed by atoms with van der Waals surface area (Å²) >= 11 is 0. The number of carbonyl (C=O) groups is 1. The summed E-state index contributed by atoms with van der Waals surface area (Å²) in [6.07, 6.45) is 0. The average Bonchev–Trinajstić information content (AvgIpc) is 2.60. The van der Waals surface area contributed by atoms with Gasteiger partial charge < -0.3 is 19.1 Å². The van der Waals surface area contributed by atoms with E-state index in [9.17, 15) is 13.6 Å². The van der Waals surface area contributed by atoms with Gasteiger partial charge in [0.15, 0.2) is 29.7 Å². The summed E-state index contributed by atoms with van der Waals surface area (Å²) in [5.74, 6) is -0.925. The van der Waals surface area contributed by atoms with Gasteiger partial charge in [0.1, 0.15) is 5.82 Å². The topological polar surface area (TPSA) is 48.0 Å². The molecule has 2 aromatic rings. The number of halogens is 2. The zero-order chi connectivity index (χ0) is 18.4. The summed E-state index contributed by atoms with van der Waals surface area (Å²) < 4.78 is 41.8. The smallest absolute Gasteiger partial charge is 0.260 e. The fourth-order valence-corrected chi connectivity index (χ4v) is 2.18. The van der Waals surface area contributed by atoms with Crippen molar-refractivity contribution in [2.45, 2.75) is 6.54 Å². The summed E-state index contributed by atoms with van der Waals surface area (Å²) in [6, 6.07) is 8.24. The molecular weight excluding hydrogens is 332 g/mol. The first-order valence-corrected chi connectivity index (χ1v) is 7.47. The molecule has 2 aromatic carbocycles. The standard InChI is InChI=1S/C18H19F2NO4/c1-21(10-12-4-6-16(23-2)17(8-12)24-3)18(22)11-25-15-7-5-13(19)9-14(15)20/h4-9H,10-11H2,1-3H3. The lowest BCUT2D eigenvalue weighted by Gasteiger charge is -2.18. The van der Waals surface area contributed by atoms with Crippen LogP contribution in [-0.4, -0.2) is 38.7 Å². The third-order valence-corrected chi connectivity index (χ3v) is 3.54. The Morgan fingerprint density at radius 1 is 1.00 bits per heavy atom. The molecule has 0 unspecified atom stereocenters. The number of nitrogens with zero attached hydrogens (tertiary/aromatic N) is 1. The lowest BCUT2D eigenvalue weighted by molar-refractivity contribution is -0.132. The molecule has 0 aliphatic heterocycles. The summed E-state index contributed by atoms with van der Waals surface area (Å²) in [5.41, 5.74) is 0.835. The van der Waals surface area contributed by atoms with Gasteiger partial charge in [-0.3, -0.25) is 4.79 Å². The van der Waals surface area contributed by atoms with E-state index < -0.39 is 11.6 Å². The SMILES string of the molecule is COc1ccc(CN(C)C(=O)COc2ccc(F)cc2F)cc1OC. The second kappa shape index (κ2) is 8.32. The van der Waals surface area contributed by atoms with E-state index in [0.29, 0.717) is 24.1 Å². The predicted octanol–water partition coefficient (Wildman–Crippen LogP) is 3.02. The molecule has 0 bridgehead atoms. The van der Waals surface area contributed by atoms with Crippen molar-refractivity contribution in [2.24, 2.45) is 0 Å². The number of methoxy groups -OCH3 is 2. The molecular formula is C18H19F2NO4. The Labute approximate surface area is 144 Å². The molecule has 0 fully saturated rings. The molecule has 0 heterocycles. The molecule has 25 heavy (non-hydrogen) atoms. The molecule has 134 valence electrons. The summed E-state index contributed by atoms with van der Waals surface area (Å²) in [7, 11) is 4.67. The van der Waals surface area contributed by atoms with Crippen LogP contribution in [-0.2, 0) is 11.3 Å². The van der Waals surface area contributed by atoms with Crippen molar-refractivity contribution in [3.63, 3.8) is 0 Å². The Morgan fingerprint density at radius 3 is 2.32 bits per heavy atom. The Balaban J connectivity index is 1.96. The van der Waals surface area contributed by atoms with E-state index in [2.05, 4.69) is 0 Å². The van der Waals surface area contributed by atoms with E-state index in [1.54, 1.807) is 26.3 Å². The summed E-state index contributed by atoms with van der Waals surface area (Å²) in [4.78, 5) is 13.6. The van der Waals surface area contributed by atoms with Crippen LogP contribution in [0.4, 0.5) is 8.78 Å². The minimum Gasteiger partial charge on any atom is -0.493 e. The highest BCUT2D eigenvalue weighted by atomic mass is 19.1. The van der Waals surface area contributed by atoms with Crippen LogP contribution in [0.25, 0.3) is 0 Å². The fraction of sp³-hybridized carbons (Fsp3) is 0.278. The Bertz CT molecular complexity index is 752. The fourth-order valence-electron chi connectivity index (χ4n) is 2.18. The quantitative estimate of drug-likeness (QED) is 0.769. The van der Waals surface area contributed by atoms with Gasteiger partial charge in [0.05, 0.1) is 14.2 Å². The zero-order valence-electron chi connectivity index (χ0n) is 14.2. The molecule has 7 heteroatoms. The molecule has 0 aromatic heterocycles. The van der Waals surface area contributed by atoms with Crippen molar-refractivity contribution in [1.29, 1.82) is 0 Å². The van der Waals surface area contributed by atoms with Gasteiger partial charge in [-0.15, -0.1) is 0 Å². The minimum atomic E-state index is -0.852. The zero-order valence-corrected chi connectivity index (χ0v) is 14.2. The molecule has 0 aliphatic carbocycles. The maximum Gasteiger partial charge on any atom is 0.260 e. The number of likely N-dealkylation sites (N-methyl/N-ethyl adjacent to an activating group) is 1. The van der Waals surface area contributed by atoms with Crippen molar-refractivity contribution >= 4 is 5.91 Å². The monoisotopic (exact) mass is 351 g/mol. The largest absolute Gasteiger partial charge is 0.493 e. The van der Waals surface area contributed by atoms with Gasteiger partial charge in [0.2, 0.25) is 0 Å². The Kier molecular flexibility index (Phi) is 6.16. The lowest BCUT2D eigenvalue weighted by atomic mass is 10.2. The molecule has 1 amide bonds. The van der Waals surface area contributed by atoms with E-state index in [-0.39, 0.29) is 18.3 Å². The summed E-state index contributed by atoms with van der Waals surface area (Å²) in [6.45, 7) is -0.0409. The van der Waals surface area contributed by atoms with Crippen LogP contribution in [0.15, 0.2) is 36.4 Å². The van der Waals surface area contributed by atoms with E-state index in [4.69, 9.17) is 14.2 Å². The number of carbonyl (C=O) groups excluding carboxylic acids is 1. The molecule has 0 N–H and O–H groups in total. The number of rotatable bonds is 7. The van der Waals surface area contributed by atoms with Gasteiger partial charge >= 0.3 is 0 Å². The van der Waals surface area contributed by atoms with Crippen molar-refractivity contribution in [3.05, 3.63) is 53.6 Å². The van der Waals surface area contributed by atoms with Crippen LogP contribution in [0, 0.1) is 11.6 Å². The van der Waals surface area contributed by atoms with Crippen molar-refractivity contribution in [3.8, 4) is 17.2 Å². The van der Waals surface area contributed by atoms with Gasteiger partial charge in [-0.25, -0.2) is 8.78 Å². The summed E-state index contributed by atoms with van der Waals surface area (Å²) in [5, 5.41) is 0. The number of benzene rings is 2. The second-order valence-electron chi connectivity index (χ2n) is 5.30. The number of ether oxygens (including phenoxy) is 3. The van der Waals surface area contributed by atoms with Crippen LogP contribution < -0.4 is 14.2 Å². The maximum absolute atomic E-state index is 13.5. The Hall–Kier alpha value is -2.83. The van der Waals surface area contributed by atoms with Crippen LogP contribution in [0.2, 0.25) is 0 Å². The van der Waals surface area contributed by atoms with Gasteiger partial charge in [-0.2, -0.15) is 0 Å². The highest BCUT2D eigenvalue weighted by Crippen LogP contribution is 2.28. The van der Waals surface area contributed by atoms with Crippen LogP contribution >= 0.6 is 0 Å². The van der Waals surface area contributed by atoms with Gasteiger partial charge in [-0.1, -0.05) is 6.07 Å². The first-order chi connectivity index (χ1) is 11.9. The minimum absolute atomic E-state index is 0.172. The lowest BCUT2D eigenvalue weighted by Crippen LogP contribution is -2.31. The molecule has 0 saturated heterocycles. The molecule has 0 atom stereocenters. The molecule has 2 rings (SSSR count). The maximum atomic E-state index is 13.5. The molecule has 5 nitrogen and oxygen atoms in total. The van der Waals surface area contributed by atoms with Crippen molar-refractivity contribution in [1.82, 2.24) is 4.90 Å². The average molecular weight is 351 g/mol. The van der Waals surface area contributed by atoms with Crippen molar-refractivity contribution in [2.75, 3.05) is 27.9 Å². The van der Waals surface area contributed by atoms with E-state index in [1.165, 1.54) is 12.0 Å². The predicted molar refractivity (Wildman–Crippen MR) is 87.9 cm³/mol. The van der Waals surface area contributed by atoms with Crippen LogP contribution in [0.5, 0.6) is 17.2 Å². The van der Waals surface area contributed by atoms with Gasteiger partial charge in [0, 0.05) is 19.7 Å². The van der Waals surface area contributed by atoms with Crippen LogP contribution in [0.1, 0.15) is 5.56 Å². The second-order valence-corrected chi connectivity index (χ2v) is 5.30. The molecule has 0 spiro atoms. The van der Waals surface area contributed by atoms with Crippen molar-refractivity contribution < 1.29 is 27.8 Å². The molecule has 0 saturated carbocycles. The third kappa shape index (κ3) is 4.82.